The molecule has 2 aromatic carbocycles. The average Bonchev–Trinajstić information content (AvgIpc) is 2.55. The molecule has 2 nitrogen and oxygen atoms in total. The van der Waals surface area contributed by atoms with Gasteiger partial charge in [0.05, 0.1) is 11.3 Å². The molecule has 0 radical (unpaired) electrons. The SMILES string of the molecule is CCC1c2ccccc2C(Sc2ccccc2)CN1C=O. The fourth-order valence-electron chi connectivity index (χ4n) is 3.04. The van der Waals surface area contributed by atoms with Crippen molar-refractivity contribution >= 4 is 18.2 Å². The third kappa shape index (κ3) is 2.84. The summed E-state index contributed by atoms with van der Waals surface area (Å²) in [6.45, 7) is 2.92. The van der Waals surface area contributed by atoms with E-state index in [-0.39, 0.29) is 6.04 Å². The van der Waals surface area contributed by atoms with Crippen molar-refractivity contribution in [3.63, 3.8) is 0 Å². The summed E-state index contributed by atoms with van der Waals surface area (Å²) in [6.07, 6.45) is 1.96. The quantitative estimate of drug-likeness (QED) is 0.777. The summed E-state index contributed by atoms with van der Waals surface area (Å²) in [5.74, 6) is 0. The molecule has 2 aromatic rings. The molecule has 0 spiro atoms. The van der Waals surface area contributed by atoms with Crippen molar-refractivity contribution in [1.82, 2.24) is 4.90 Å². The smallest absolute Gasteiger partial charge is 0.210 e. The second-order valence-corrected chi connectivity index (χ2v) is 6.55. The predicted molar refractivity (Wildman–Crippen MR) is 87.3 cm³/mol. The van der Waals surface area contributed by atoms with E-state index in [1.54, 1.807) is 0 Å². The Balaban J connectivity index is 1.95. The van der Waals surface area contributed by atoms with Crippen LogP contribution in [0.15, 0.2) is 59.5 Å². The van der Waals surface area contributed by atoms with Gasteiger partial charge in [-0.1, -0.05) is 49.4 Å². The van der Waals surface area contributed by atoms with Gasteiger partial charge in [-0.2, -0.15) is 0 Å². The zero-order valence-electron chi connectivity index (χ0n) is 12.1. The molecule has 2 unspecified atom stereocenters. The second-order valence-electron chi connectivity index (χ2n) is 5.27. The number of carbonyl (C=O) groups excluding carboxylic acids is 1. The Morgan fingerprint density at radius 3 is 2.43 bits per heavy atom. The zero-order chi connectivity index (χ0) is 14.7. The van der Waals surface area contributed by atoms with E-state index in [9.17, 15) is 4.79 Å². The molecule has 108 valence electrons. The number of rotatable bonds is 4. The van der Waals surface area contributed by atoms with Crippen molar-refractivity contribution < 1.29 is 4.79 Å². The lowest BCUT2D eigenvalue weighted by atomic mass is 9.91. The molecule has 0 saturated carbocycles. The first-order chi connectivity index (χ1) is 10.3. The lowest BCUT2D eigenvalue weighted by Crippen LogP contribution is -2.35. The van der Waals surface area contributed by atoms with Gasteiger partial charge in [0, 0.05) is 11.4 Å². The van der Waals surface area contributed by atoms with E-state index in [0.29, 0.717) is 5.25 Å². The summed E-state index contributed by atoms with van der Waals surface area (Å²) < 4.78 is 0. The highest BCUT2D eigenvalue weighted by Gasteiger charge is 2.31. The Labute approximate surface area is 130 Å². The maximum absolute atomic E-state index is 11.5. The highest BCUT2D eigenvalue weighted by atomic mass is 32.2. The van der Waals surface area contributed by atoms with Gasteiger partial charge < -0.3 is 4.90 Å². The first kappa shape index (κ1) is 14.2. The van der Waals surface area contributed by atoms with E-state index in [2.05, 4.69) is 55.5 Å². The first-order valence-electron chi connectivity index (χ1n) is 7.35. The van der Waals surface area contributed by atoms with Crippen molar-refractivity contribution in [3.05, 3.63) is 65.7 Å². The van der Waals surface area contributed by atoms with E-state index < -0.39 is 0 Å². The van der Waals surface area contributed by atoms with E-state index >= 15 is 0 Å². The molecule has 0 bridgehead atoms. The van der Waals surface area contributed by atoms with E-state index in [1.807, 2.05) is 22.7 Å². The van der Waals surface area contributed by atoms with Crippen LogP contribution in [-0.4, -0.2) is 17.9 Å². The molecule has 3 heteroatoms. The van der Waals surface area contributed by atoms with Gasteiger partial charge in [0.1, 0.15) is 0 Å². The number of fused-ring (bicyclic) bond motifs is 1. The van der Waals surface area contributed by atoms with Crippen LogP contribution in [0.4, 0.5) is 0 Å². The number of amides is 1. The van der Waals surface area contributed by atoms with Crippen LogP contribution in [0.3, 0.4) is 0 Å². The minimum atomic E-state index is 0.214. The van der Waals surface area contributed by atoms with Gasteiger partial charge in [0.2, 0.25) is 6.41 Å². The fraction of sp³-hybridized carbons (Fsp3) is 0.278. The summed E-state index contributed by atoms with van der Waals surface area (Å²) in [5, 5.41) is 0.302. The van der Waals surface area contributed by atoms with Crippen molar-refractivity contribution in [2.24, 2.45) is 0 Å². The Kier molecular flexibility index (Phi) is 4.30. The van der Waals surface area contributed by atoms with Gasteiger partial charge in [0.25, 0.3) is 0 Å². The second kappa shape index (κ2) is 6.35. The minimum absolute atomic E-state index is 0.214. The van der Waals surface area contributed by atoms with Gasteiger partial charge in [-0.15, -0.1) is 11.8 Å². The van der Waals surface area contributed by atoms with Crippen LogP contribution in [0.5, 0.6) is 0 Å². The van der Waals surface area contributed by atoms with Crippen LogP contribution >= 0.6 is 11.8 Å². The van der Waals surface area contributed by atoms with Crippen LogP contribution < -0.4 is 0 Å². The summed E-state index contributed by atoms with van der Waals surface area (Å²) in [7, 11) is 0. The average molecular weight is 297 g/mol. The molecule has 0 N–H and O–H groups in total. The number of hydrogen-bond donors (Lipinski definition) is 0. The third-order valence-corrected chi connectivity index (χ3v) is 5.25. The normalized spacial score (nSPS) is 20.9. The van der Waals surface area contributed by atoms with E-state index in [4.69, 9.17) is 0 Å². The number of carbonyl (C=O) groups is 1. The first-order valence-corrected chi connectivity index (χ1v) is 8.23. The molecule has 1 heterocycles. The molecule has 2 atom stereocenters. The van der Waals surface area contributed by atoms with Crippen LogP contribution in [0.25, 0.3) is 0 Å². The lowest BCUT2D eigenvalue weighted by molar-refractivity contribution is -0.120. The van der Waals surface area contributed by atoms with Gasteiger partial charge in [-0.25, -0.2) is 0 Å². The van der Waals surface area contributed by atoms with Crippen LogP contribution in [0.2, 0.25) is 0 Å². The Morgan fingerprint density at radius 1 is 1.10 bits per heavy atom. The Morgan fingerprint density at radius 2 is 1.76 bits per heavy atom. The molecule has 0 aromatic heterocycles. The fourth-order valence-corrected chi connectivity index (χ4v) is 4.27. The molecule has 3 rings (SSSR count). The molecule has 0 fully saturated rings. The summed E-state index contributed by atoms with van der Waals surface area (Å²) in [4.78, 5) is 14.6. The summed E-state index contributed by atoms with van der Waals surface area (Å²) in [5.41, 5.74) is 2.67. The molecular weight excluding hydrogens is 278 g/mol. The van der Waals surface area contributed by atoms with Crippen LogP contribution in [-0.2, 0) is 4.79 Å². The summed E-state index contributed by atoms with van der Waals surface area (Å²) >= 11 is 1.84. The highest BCUT2D eigenvalue weighted by Crippen LogP contribution is 2.44. The van der Waals surface area contributed by atoms with Crippen molar-refractivity contribution in [2.75, 3.05) is 6.54 Å². The molecule has 1 amide bonds. The highest BCUT2D eigenvalue weighted by molar-refractivity contribution is 7.99. The van der Waals surface area contributed by atoms with Gasteiger partial charge in [-0.3, -0.25) is 4.79 Å². The molecule has 1 aliphatic rings. The monoisotopic (exact) mass is 297 g/mol. The van der Waals surface area contributed by atoms with Gasteiger partial charge >= 0.3 is 0 Å². The van der Waals surface area contributed by atoms with Crippen LogP contribution in [0.1, 0.15) is 35.8 Å². The molecular formula is C18H19NOS. The molecule has 0 saturated heterocycles. The number of nitrogens with zero attached hydrogens (tertiary/aromatic N) is 1. The topological polar surface area (TPSA) is 20.3 Å². The van der Waals surface area contributed by atoms with E-state index in [0.717, 1.165) is 19.4 Å². The maximum Gasteiger partial charge on any atom is 0.210 e. The Hall–Kier alpha value is -1.74. The van der Waals surface area contributed by atoms with Crippen molar-refractivity contribution in [2.45, 2.75) is 29.5 Å². The third-order valence-electron chi connectivity index (χ3n) is 4.02. The van der Waals surface area contributed by atoms with E-state index in [1.165, 1.54) is 16.0 Å². The largest absolute Gasteiger partial charge is 0.337 e. The predicted octanol–water partition coefficient (Wildman–Crippen LogP) is 4.44. The van der Waals surface area contributed by atoms with Gasteiger partial charge in [-0.05, 0) is 29.7 Å². The van der Waals surface area contributed by atoms with Crippen molar-refractivity contribution in [1.29, 1.82) is 0 Å². The Bertz CT molecular complexity index is 614. The van der Waals surface area contributed by atoms with Crippen LogP contribution in [0, 0.1) is 0 Å². The number of hydrogen-bond acceptors (Lipinski definition) is 2. The van der Waals surface area contributed by atoms with Crippen molar-refractivity contribution in [3.8, 4) is 0 Å². The zero-order valence-corrected chi connectivity index (χ0v) is 12.9. The summed E-state index contributed by atoms with van der Waals surface area (Å²) in [6, 6.07) is 19.2. The number of thioether (sulfide) groups is 1. The maximum atomic E-state index is 11.5. The molecule has 0 aliphatic carbocycles. The van der Waals surface area contributed by atoms with Gasteiger partial charge in [0.15, 0.2) is 0 Å². The molecule has 1 aliphatic heterocycles. The molecule has 21 heavy (non-hydrogen) atoms. The standard InChI is InChI=1S/C18H19NOS/c1-2-17-15-10-6-7-11-16(15)18(12-19(17)13-20)21-14-8-4-3-5-9-14/h3-11,13,17-18H,2,12H2,1H3. The minimum Gasteiger partial charge on any atom is -0.337 e. The lowest BCUT2D eigenvalue weighted by Gasteiger charge is -2.38. The number of benzene rings is 2.